The van der Waals surface area contributed by atoms with Crippen LogP contribution in [0.3, 0.4) is 0 Å². The van der Waals surface area contributed by atoms with Crippen molar-refractivity contribution in [3.63, 3.8) is 0 Å². The second-order valence-corrected chi connectivity index (χ2v) is 8.18. The van der Waals surface area contributed by atoms with E-state index in [-0.39, 0.29) is 18.0 Å². The van der Waals surface area contributed by atoms with Gasteiger partial charge in [0.1, 0.15) is 17.3 Å². The molecule has 0 fully saturated rings. The molecule has 2 heterocycles. The summed E-state index contributed by atoms with van der Waals surface area (Å²) in [6.45, 7) is 6.05. The van der Waals surface area contributed by atoms with Crippen molar-refractivity contribution >= 4 is 17.8 Å². The first kappa shape index (κ1) is 22.3. The summed E-state index contributed by atoms with van der Waals surface area (Å²) in [5, 5.41) is 3.70. The number of benzene rings is 2. The highest BCUT2D eigenvalue weighted by molar-refractivity contribution is 6.15. The highest BCUT2D eigenvalue weighted by Gasteiger charge is 2.30. The number of carbonyl (C=O) groups excluding carboxylic acids is 2. The summed E-state index contributed by atoms with van der Waals surface area (Å²) in [6, 6.07) is 12.9. The number of Topliss-reactive ketones (excluding diaryl/α,β-unsaturated/α-hetero) is 1. The lowest BCUT2D eigenvalue weighted by Crippen LogP contribution is -2.09. The Balaban J connectivity index is 1.45. The monoisotopic (exact) mass is 447 g/mol. The van der Waals surface area contributed by atoms with Gasteiger partial charge in [-0.05, 0) is 46.8 Å². The van der Waals surface area contributed by atoms with Crippen LogP contribution in [0.25, 0.3) is 6.08 Å². The van der Waals surface area contributed by atoms with Crippen LogP contribution in [-0.4, -0.2) is 24.0 Å². The molecule has 0 saturated carbocycles. The third-order valence-electron chi connectivity index (χ3n) is 5.40. The lowest BCUT2D eigenvalue weighted by atomic mass is 10.0. The zero-order valence-corrected chi connectivity index (χ0v) is 19.0. The Morgan fingerprint density at radius 2 is 1.91 bits per heavy atom. The summed E-state index contributed by atoms with van der Waals surface area (Å²) in [4.78, 5) is 25.2. The lowest BCUT2D eigenvalue weighted by molar-refractivity contribution is -0.134. The van der Waals surface area contributed by atoms with Crippen molar-refractivity contribution in [1.82, 2.24) is 5.16 Å². The number of hydrogen-bond acceptors (Lipinski definition) is 7. The Morgan fingerprint density at radius 1 is 1.15 bits per heavy atom. The molecule has 1 aromatic heterocycles. The molecule has 1 aliphatic heterocycles. The van der Waals surface area contributed by atoms with E-state index in [0.717, 1.165) is 5.56 Å². The van der Waals surface area contributed by atoms with Gasteiger partial charge in [-0.1, -0.05) is 38.1 Å². The number of ether oxygens (including phenoxy) is 3. The van der Waals surface area contributed by atoms with E-state index in [9.17, 15) is 9.59 Å². The first-order chi connectivity index (χ1) is 15.8. The number of ketones is 1. The fourth-order valence-electron chi connectivity index (χ4n) is 3.58. The minimum absolute atomic E-state index is 0.103. The number of aromatic nitrogens is 1. The molecule has 0 radical (unpaired) electrons. The number of fused-ring (bicyclic) bond motifs is 1. The van der Waals surface area contributed by atoms with Crippen molar-refractivity contribution in [1.29, 1.82) is 0 Å². The molecule has 0 atom stereocenters. The highest BCUT2D eigenvalue weighted by Crippen LogP contribution is 2.37. The van der Waals surface area contributed by atoms with Crippen LogP contribution >= 0.6 is 0 Å². The molecule has 0 amide bonds. The average Bonchev–Trinajstić information content (AvgIpc) is 3.37. The largest absolute Gasteiger partial charge is 0.479 e. The zero-order valence-electron chi connectivity index (χ0n) is 19.0. The summed E-state index contributed by atoms with van der Waals surface area (Å²) < 4.78 is 21.3. The number of hydrogen-bond donors (Lipinski definition) is 0. The van der Waals surface area contributed by atoms with Gasteiger partial charge in [0.2, 0.25) is 5.78 Å². The SMILES string of the molecule is COc1cc(CCC(=O)Oc2cc(C)c3c(c2)O/C(=C\c2ccc(C(C)C)cc2)C3=O)on1. The molecule has 0 unspecified atom stereocenters. The molecule has 0 spiro atoms. The molecule has 2 aromatic carbocycles. The van der Waals surface area contributed by atoms with E-state index in [1.54, 1.807) is 31.2 Å². The van der Waals surface area contributed by atoms with Crippen molar-refractivity contribution in [3.8, 4) is 17.4 Å². The van der Waals surface area contributed by atoms with Crippen molar-refractivity contribution in [2.45, 2.75) is 39.5 Å². The molecular weight excluding hydrogens is 422 g/mol. The number of carbonyl (C=O) groups is 2. The zero-order chi connectivity index (χ0) is 23.5. The van der Waals surface area contributed by atoms with Gasteiger partial charge in [-0.25, -0.2) is 0 Å². The summed E-state index contributed by atoms with van der Waals surface area (Å²) in [5.74, 6) is 1.64. The van der Waals surface area contributed by atoms with Gasteiger partial charge >= 0.3 is 5.97 Å². The second kappa shape index (κ2) is 9.32. The minimum Gasteiger partial charge on any atom is -0.479 e. The van der Waals surface area contributed by atoms with E-state index < -0.39 is 5.97 Å². The standard InChI is InChI=1S/C26H25NO6/c1-15(2)18-7-5-17(6-8-18)12-22-26(29)25-16(3)11-20(13-21(25)32-22)31-24(28)10-9-19-14-23(30-4)27-33-19/h5-8,11-15H,9-10H2,1-4H3/b22-12-. The Morgan fingerprint density at radius 3 is 2.58 bits per heavy atom. The van der Waals surface area contributed by atoms with Gasteiger partial charge < -0.3 is 18.7 Å². The fraction of sp³-hybridized carbons (Fsp3) is 0.269. The third-order valence-corrected chi connectivity index (χ3v) is 5.40. The Hall–Kier alpha value is -3.87. The van der Waals surface area contributed by atoms with Crippen molar-refractivity contribution < 1.29 is 28.3 Å². The van der Waals surface area contributed by atoms with E-state index in [4.69, 9.17) is 18.7 Å². The van der Waals surface area contributed by atoms with Gasteiger partial charge in [0.05, 0.1) is 19.1 Å². The van der Waals surface area contributed by atoms with E-state index in [0.29, 0.717) is 46.6 Å². The first-order valence-corrected chi connectivity index (χ1v) is 10.7. The number of esters is 1. The van der Waals surface area contributed by atoms with E-state index in [1.807, 2.05) is 24.3 Å². The van der Waals surface area contributed by atoms with Crippen molar-refractivity contribution in [3.05, 3.63) is 76.2 Å². The van der Waals surface area contributed by atoms with E-state index in [1.165, 1.54) is 12.7 Å². The number of allylic oxidation sites excluding steroid dienone is 1. The summed E-state index contributed by atoms with van der Waals surface area (Å²) in [6.07, 6.45) is 2.16. The van der Waals surface area contributed by atoms with Crippen LogP contribution < -0.4 is 14.2 Å². The fourth-order valence-corrected chi connectivity index (χ4v) is 3.58. The van der Waals surface area contributed by atoms with E-state index >= 15 is 0 Å². The molecule has 170 valence electrons. The maximum Gasteiger partial charge on any atom is 0.311 e. The van der Waals surface area contributed by atoms with Gasteiger partial charge in [-0.15, -0.1) is 0 Å². The van der Waals surface area contributed by atoms with Gasteiger partial charge in [-0.3, -0.25) is 9.59 Å². The van der Waals surface area contributed by atoms with Crippen LogP contribution in [0.4, 0.5) is 0 Å². The lowest BCUT2D eigenvalue weighted by Gasteiger charge is -2.07. The van der Waals surface area contributed by atoms with Crippen LogP contribution in [0.1, 0.15) is 59.0 Å². The molecule has 0 N–H and O–H groups in total. The normalized spacial score (nSPS) is 13.8. The molecular formula is C26H25NO6. The first-order valence-electron chi connectivity index (χ1n) is 10.7. The molecule has 1 aliphatic rings. The number of nitrogens with zero attached hydrogens (tertiary/aromatic N) is 1. The minimum atomic E-state index is -0.435. The smallest absolute Gasteiger partial charge is 0.311 e. The predicted octanol–water partition coefficient (Wildman–Crippen LogP) is 5.27. The maximum absolute atomic E-state index is 12.9. The van der Waals surface area contributed by atoms with Crippen LogP contribution in [0.15, 0.2) is 52.7 Å². The summed E-state index contributed by atoms with van der Waals surface area (Å²) in [7, 11) is 1.49. The molecule has 7 heteroatoms. The number of aryl methyl sites for hydroxylation is 2. The molecule has 0 bridgehead atoms. The van der Waals surface area contributed by atoms with E-state index in [2.05, 4.69) is 19.0 Å². The van der Waals surface area contributed by atoms with Gasteiger partial charge in [0.15, 0.2) is 5.76 Å². The quantitative estimate of drug-likeness (QED) is 0.277. The van der Waals surface area contributed by atoms with Crippen LogP contribution in [-0.2, 0) is 11.2 Å². The Kier molecular flexibility index (Phi) is 6.31. The van der Waals surface area contributed by atoms with Gasteiger partial charge in [0, 0.05) is 18.6 Å². The van der Waals surface area contributed by atoms with Crippen molar-refractivity contribution in [2.75, 3.05) is 7.11 Å². The molecule has 4 rings (SSSR count). The predicted molar refractivity (Wildman–Crippen MR) is 122 cm³/mol. The number of rotatable bonds is 7. The van der Waals surface area contributed by atoms with Crippen molar-refractivity contribution in [2.24, 2.45) is 0 Å². The topological polar surface area (TPSA) is 87.9 Å². The average molecular weight is 447 g/mol. The van der Waals surface area contributed by atoms with Crippen LogP contribution in [0.2, 0.25) is 0 Å². The van der Waals surface area contributed by atoms with Gasteiger partial charge in [-0.2, -0.15) is 0 Å². The second-order valence-electron chi connectivity index (χ2n) is 8.18. The van der Waals surface area contributed by atoms with Crippen LogP contribution in [0, 0.1) is 6.92 Å². The third kappa shape index (κ3) is 4.98. The molecule has 33 heavy (non-hydrogen) atoms. The molecule has 3 aromatic rings. The Bertz CT molecular complexity index is 1220. The highest BCUT2D eigenvalue weighted by atomic mass is 16.5. The summed E-state index contributed by atoms with van der Waals surface area (Å²) >= 11 is 0. The maximum atomic E-state index is 12.9. The molecule has 7 nitrogen and oxygen atoms in total. The molecule has 0 saturated heterocycles. The summed E-state index contributed by atoms with van der Waals surface area (Å²) in [5.41, 5.74) is 3.26. The number of methoxy groups -OCH3 is 1. The van der Waals surface area contributed by atoms with Gasteiger partial charge in [0.25, 0.3) is 5.88 Å². The molecule has 0 aliphatic carbocycles. The van der Waals surface area contributed by atoms with Crippen LogP contribution in [0.5, 0.6) is 17.4 Å². The Labute approximate surface area is 191 Å².